The van der Waals surface area contributed by atoms with Gasteiger partial charge in [-0.3, -0.25) is 9.69 Å². The first-order chi connectivity index (χ1) is 12.7. The monoisotopic (exact) mass is 354 g/mol. The maximum Gasteiger partial charge on any atom is 0.325 e. The Morgan fingerprint density at radius 3 is 2.92 bits per heavy atom. The first kappa shape index (κ1) is 16.7. The molecule has 4 rings (SSSR count). The van der Waals surface area contributed by atoms with E-state index in [1.54, 1.807) is 4.68 Å². The summed E-state index contributed by atoms with van der Waals surface area (Å²) >= 11 is 0. The summed E-state index contributed by atoms with van der Waals surface area (Å²) in [5, 5.41) is 14.6. The van der Waals surface area contributed by atoms with Crippen LogP contribution in [0.3, 0.4) is 0 Å². The second-order valence-corrected chi connectivity index (χ2v) is 6.91. The molecule has 3 amide bonds. The van der Waals surface area contributed by atoms with E-state index in [-0.39, 0.29) is 18.5 Å². The van der Waals surface area contributed by atoms with Gasteiger partial charge >= 0.3 is 6.03 Å². The zero-order valence-electron chi connectivity index (χ0n) is 14.8. The summed E-state index contributed by atoms with van der Waals surface area (Å²) in [7, 11) is 0. The number of nitrogens with zero attached hydrogens (tertiary/aromatic N) is 5. The zero-order valence-corrected chi connectivity index (χ0v) is 14.8. The topological polar surface area (TPSA) is 93.0 Å². The number of rotatable bonds is 4. The molecule has 8 nitrogen and oxygen atoms in total. The van der Waals surface area contributed by atoms with Gasteiger partial charge < -0.3 is 5.32 Å². The van der Waals surface area contributed by atoms with Crippen molar-refractivity contribution >= 4 is 11.9 Å². The number of hydrogen-bond acceptors (Lipinski definition) is 5. The van der Waals surface area contributed by atoms with Crippen LogP contribution >= 0.6 is 0 Å². The van der Waals surface area contributed by atoms with Crippen LogP contribution in [0.5, 0.6) is 0 Å². The van der Waals surface area contributed by atoms with E-state index in [0.29, 0.717) is 18.8 Å². The minimum atomic E-state index is -0.965. The van der Waals surface area contributed by atoms with E-state index in [4.69, 9.17) is 0 Å². The molecule has 1 aromatic carbocycles. The third-order valence-corrected chi connectivity index (χ3v) is 5.24. The van der Waals surface area contributed by atoms with Gasteiger partial charge in [-0.1, -0.05) is 31.2 Å². The van der Waals surface area contributed by atoms with Crippen molar-refractivity contribution in [3.8, 4) is 0 Å². The summed E-state index contributed by atoms with van der Waals surface area (Å²) in [6, 6.07) is 7.54. The number of fused-ring (bicyclic) bond motifs is 2. The average molecular weight is 354 g/mol. The predicted molar refractivity (Wildman–Crippen MR) is 92.9 cm³/mol. The molecule has 0 bridgehead atoms. The normalized spacial score (nSPS) is 22.4. The van der Waals surface area contributed by atoms with Crippen molar-refractivity contribution in [3.63, 3.8) is 0 Å². The first-order valence-corrected chi connectivity index (χ1v) is 9.13. The molecule has 2 aromatic rings. The molecule has 1 saturated heterocycles. The van der Waals surface area contributed by atoms with Crippen molar-refractivity contribution in [2.75, 3.05) is 0 Å². The summed E-state index contributed by atoms with van der Waals surface area (Å²) in [5.74, 6) is 0.317. The van der Waals surface area contributed by atoms with Crippen LogP contribution in [-0.4, -0.2) is 37.0 Å². The van der Waals surface area contributed by atoms with E-state index in [0.717, 1.165) is 36.8 Å². The van der Waals surface area contributed by atoms with Gasteiger partial charge in [0.15, 0.2) is 5.82 Å². The highest BCUT2D eigenvalue weighted by atomic mass is 16.2. The molecule has 1 aromatic heterocycles. The molecule has 1 spiro atoms. The SMILES string of the molecule is CCCn1nnnc1CN1C(=O)NC2(CCCCc3ccccc32)C1=O. The molecule has 2 heterocycles. The van der Waals surface area contributed by atoms with E-state index in [2.05, 4.69) is 20.8 Å². The number of imide groups is 1. The maximum atomic E-state index is 13.4. The summed E-state index contributed by atoms with van der Waals surface area (Å²) < 4.78 is 1.65. The van der Waals surface area contributed by atoms with Crippen LogP contribution in [-0.2, 0) is 29.8 Å². The number of tetrazole rings is 1. The number of carbonyl (C=O) groups excluding carboxylic acids is 2. The van der Waals surface area contributed by atoms with Crippen LogP contribution < -0.4 is 5.32 Å². The van der Waals surface area contributed by atoms with Gasteiger partial charge in [-0.2, -0.15) is 0 Å². The van der Waals surface area contributed by atoms with E-state index in [9.17, 15) is 9.59 Å². The number of carbonyl (C=O) groups is 2. The summed E-state index contributed by atoms with van der Waals surface area (Å²) in [6.07, 6.45) is 4.31. The van der Waals surface area contributed by atoms with Crippen molar-refractivity contribution in [1.29, 1.82) is 0 Å². The largest absolute Gasteiger partial charge is 0.325 e. The number of hydrogen-bond donors (Lipinski definition) is 1. The minimum Gasteiger partial charge on any atom is -0.319 e. The molecule has 8 heteroatoms. The molecule has 1 N–H and O–H groups in total. The Morgan fingerprint density at radius 1 is 1.23 bits per heavy atom. The molecule has 1 atom stereocenters. The van der Waals surface area contributed by atoms with E-state index in [1.807, 2.05) is 31.2 Å². The Balaban J connectivity index is 1.68. The highest BCUT2D eigenvalue weighted by molar-refractivity contribution is 6.07. The van der Waals surface area contributed by atoms with Gasteiger partial charge in [-0.05, 0) is 53.7 Å². The molecule has 1 fully saturated rings. The van der Waals surface area contributed by atoms with E-state index < -0.39 is 5.54 Å². The van der Waals surface area contributed by atoms with Crippen molar-refractivity contribution in [2.45, 2.75) is 57.7 Å². The lowest BCUT2D eigenvalue weighted by Gasteiger charge is -2.27. The van der Waals surface area contributed by atoms with E-state index in [1.165, 1.54) is 4.90 Å². The van der Waals surface area contributed by atoms with Crippen LogP contribution in [0.25, 0.3) is 0 Å². The molecule has 0 radical (unpaired) electrons. The van der Waals surface area contributed by atoms with Crippen LogP contribution in [0.2, 0.25) is 0 Å². The number of nitrogens with one attached hydrogen (secondary N) is 1. The lowest BCUT2D eigenvalue weighted by molar-refractivity contribution is -0.132. The quantitative estimate of drug-likeness (QED) is 0.845. The van der Waals surface area contributed by atoms with Gasteiger partial charge in [-0.25, -0.2) is 9.48 Å². The molecule has 1 aliphatic heterocycles. The summed E-state index contributed by atoms with van der Waals surface area (Å²) in [6.45, 7) is 2.76. The first-order valence-electron chi connectivity index (χ1n) is 9.13. The standard InChI is InChI=1S/C18H22N6O2/c1-2-11-24-15(20-21-22-24)12-23-16(25)18(19-17(23)26)10-6-5-8-13-7-3-4-9-14(13)18/h3-4,7,9H,2,5-6,8,10-12H2,1H3,(H,19,26). The second-order valence-electron chi connectivity index (χ2n) is 6.91. The third kappa shape index (κ3) is 2.56. The number of aryl methyl sites for hydroxylation is 2. The molecule has 26 heavy (non-hydrogen) atoms. The Hall–Kier alpha value is -2.77. The van der Waals surface area contributed by atoms with Gasteiger partial charge in [0, 0.05) is 6.54 Å². The molecular weight excluding hydrogens is 332 g/mol. The Morgan fingerprint density at radius 2 is 2.08 bits per heavy atom. The Kier molecular flexibility index (Phi) is 4.18. The molecular formula is C18H22N6O2. The fraction of sp³-hybridized carbons (Fsp3) is 0.500. The van der Waals surface area contributed by atoms with Crippen molar-refractivity contribution in [3.05, 3.63) is 41.2 Å². The number of aromatic nitrogens is 4. The highest BCUT2D eigenvalue weighted by Crippen LogP contribution is 2.39. The Bertz CT molecular complexity index is 848. The zero-order chi connectivity index (χ0) is 18.1. The predicted octanol–water partition coefficient (Wildman–Crippen LogP) is 1.76. The lowest BCUT2D eigenvalue weighted by Crippen LogP contribution is -2.44. The van der Waals surface area contributed by atoms with Crippen LogP contribution in [0.15, 0.2) is 24.3 Å². The van der Waals surface area contributed by atoms with Gasteiger partial charge in [0.2, 0.25) is 0 Å². The minimum absolute atomic E-state index is 0.0849. The van der Waals surface area contributed by atoms with Crippen LogP contribution in [0.1, 0.15) is 49.6 Å². The summed E-state index contributed by atoms with van der Waals surface area (Å²) in [4.78, 5) is 27.3. The smallest absolute Gasteiger partial charge is 0.319 e. The van der Waals surface area contributed by atoms with Gasteiger partial charge in [0.05, 0.1) is 6.54 Å². The second kappa shape index (κ2) is 6.51. The Labute approximate surface area is 151 Å². The number of amides is 3. The fourth-order valence-electron chi connectivity index (χ4n) is 3.98. The van der Waals surface area contributed by atoms with Crippen LogP contribution in [0.4, 0.5) is 4.79 Å². The number of urea groups is 1. The lowest BCUT2D eigenvalue weighted by atomic mass is 9.84. The average Bonchev–Trinajstić information content (AvgIpc) is 3.11. The summed E-state index contributed by atoms with van der Waals surface area (Å²) in [5.41, 5.74) is 1.09. The fourth-order valence-corrected chi connectivity index (χ4v) is 3.98. The molecule has 136 valence electrons. The molecule has 2 aliphatic rings. The van der Waals surface area contributed by atoms with Gasteiger partial charge in [0.25, 0.3) is 5.91 Å². The molecule has 1 aliphatic carbocycles. The van der Waals surface area contributed by atoms with Crippen molar-refractivity contribution in [1.82, 2.24) is 30.4 Å². The maximum absolute atomic E-state index is 13.4. The highest BCUT2D eigenvalue weighted by Gasteiger charge is 2.53. The molecule has 0 saturated carbocycles. The van der Waals surface area contributed by atoms with Crippen molar-refractivity contribution in [2.24, 2.45) is 0 Å². The number of benzene rings is 1. The van der Waals surface area contributed by atoms with Gasteiger partial charge in [-0.15, -0.1) is 5.10 Å². The third-order valence-electron chi connectivity index (χ3n) is 5.24. The van der Waals surface area contributed by atoms with Crippen LogP contribution in [0, 0.1) is 0 Å². The van der Waals surface area contributed by atoms with E-state index >= 15 is 0 Å². The van der Waals surface area contributed by atoms with Gasteiger partial charge in [0.1, 0.15) is 5.54 Å². The molecule has 1 unspecified atom stereocenters. The van der Waals surface area contributed by atoms with Crippen molar-refractivity contribution < 1.29 is 9.59 Å².